The Kier molecular flexibility index (Phi) is 8.32. The van der Waals surface area contributed by atoms with E-state index in [2.05, 4.69) is 20.6 Å². The Balaban J connectivity index is 0.00000312. The van der Waals surface area contributed by atoms with Crippen molar-refractivity contribution in [2.24, 2.45) is 4.99 Å². The molecule has 2 N–H and O–H groups in total. The van der Waals surface area contributed by atoms with Crippen molar-refractivity contribution < 1.29 is 9.34 Å². The van der Waals surface area contributed by atoms with E-state index in [4.69, 9.17) is 4.42 Å². The monoisotopic (exact) mass is 459 g/mol. The second kappa shape index (κ2) is 9.97. The topological polar surface area (TPSA) is 106 Å². The molecule has 0 spiro atoms. The maximum Gasteiger partial charge on any atom is 0.274 e. The van der Waals surface area contributed by atoms with Crippen LogP contribution in [0.15, 0.2) is 33.7 Å². The molecule has 1 aromatic carbocycles. The highest BCUT2D eigenvalue weighted by Crippen LogP contribution is 2.18. The van der Waals surface area contributed by atoms with Crippen LogP contribution in [0.1, 0.15) is 29.8 Å². The smallest absolute Gasteiger partial charge is 0.274 e. The van der Waals surface area contributed by atoms with Gasteiger partial charge < -0.3 is 15.1 Å². The number of nitro groups is 1. The summed E-state index contributed by atoms with van der Waals surface area (Å²) in [5.41, 5.74) is 1.48. The van der Waals surface area contributed by atoms with Gasteiger partial charge in [0.05, 0.1) is 29.3 Å². The first-order valence-electron chi connectivity index (χ1n) is 7.68. The zero-order valence-electron chi connectivity index (χ0n) is 14.4. The van der Waals surface area contributed by atoms with Crippen LogP contribution in [-0.2, 0) is 13.1 Å². The molecule has 0 aliphatic rings. The lowest BCUT2D eigenvalue weighted by Crippen LogP contribution is -2.36. The molecule has 2 rings (SSSR count). The number of aromatic nitrogens is 1. The Labute approximate surface area is 163 Å². The number of benzene rings is 1. The van der Waals surface area contributed by atoms with E-state index < -0.39 is 4.92 Å². The van der Waals surface area contributed by atoms with E-state index in [0.717, 1.165) is 11.5 Å². The van der Waals surface area contributed by atoms with Crippen LogP contribution < -0.4 is 10.6 Å². The number of nitro benzene ring substituents is 1. The minimum Gasteiger partial charge on any atom is -0.444 e. The number of rotatable bonds is 6. The second-order valence-electron chi connectivity index (χ2n) is 5.18. The first-order valence-corrected chi connectivity index (χ1v) is 7.68. The van der Waals surface area contributed by atoms with Gasteiger partial charge in [0, 0.05) is 12.6 Å². The third-order valence-corrected chi connectivity index (χ3v) is 3.42. The molecule has 136 valence electrons. The molecule has 0 unspecified atom stereocenters. The van der Waals surface area contributed by atoms with Crippen molar-refractivity contribution in [1.29, 1.82) is 0 Å². The van der Waals surface area contributed by atoms with Crippen LogP contribution in [0.2, 0.25) is 0 Å². The highest BCUT2D eigenvalue weighted by Gasteiger charge is 2.12. The molecule has 0 saturated carbocycles. The van der Waals surface area contributed by atoms with Crippen LogP contribution in [-0.4, -0.2) is 22.4 Å². The highest BCUT2D eigenvalue weighted by atomic mass is 127. The van der Waals surface area contributed by atoms with E-state index >= 15 is 0 Å². The molecule has 0 saturated heterocycles. The molecule has 0 atom stereocenters. The summed E-state index contributed by atoms with van der Waals surface area (Å²) in [6.45, 7) is 6.96. The molecule has 0 radical (unpaired) electrons. The summed E-state index contributed by atoms with van der Waals surface area (Å²) in [7, 11) is 0. The van der Waals surface area contributed by atoms with Crippen molar-refractivity contribution in [3.63, 3.8) is 0 Å². The van der Waals surface area contributed by atoms with Crippen LogP contribution in [0.4, 0.5) is 5.69 Å². The highest BCUT2D eigenvalue weighted by molar-refractivity contribution is 14.0. The molecular formula is C16H22IN5O3. The second-order valence-corrected chi connectivity index (χ2v) is 5.18. The predicted molar refractivity (Wildman–Crippen MR) is 106 cm³/mol. The Morgan fingerprint density at radius 2 is 2.04 bits per heavy atom. The van der Waals surface area contributed by atoms with Gasteiger partial charge >= 0.3 is 0 Å². The van der Waals surface area contributed by atoms with Gasteiger partial charge in [0.1, 0.15) is 5.76 Å². The van der Waals surface area contributed by atoms with Gasteiger partial charge in [0.2, 0.25) is 5.89 Å². The van der Waals surface area contributed by atoms with E-state index in [-0.39, 0.29) is 36.2 Å². The van der Waals surface area contributed by atoms with Crippen molar-refractivity contribution in [3.05, 3.63) is 57.3 Å². The van der Waals surface area contributed by atoms with Crippen LogP contribution >= 0.6 is 24.0 Å². The van der Waals surface area contributed by atoms with Gasteiger partial charge in [-0.25, -0.2) is 9.98 Å². The average Bonchev–Trinajstić information content (AvgIpc) is 2.88. The maximum absolute atomic E-state index is 11.0. The van der Waals surface area contributed by atoms with Gasteiger partial charge in [-0.1, -0.05) is 18.2 Å². The van der Waals surface area contributed by atoms with E-state index in [1.54, 1.807) is 18.2 Å². The van der Waals surface area contributed by atoms with Crippen LogP contribution in [0.5, 0.6) is 0 Å². The zero-order chi connectivity index (χ0) is 17.5. The summed E-state index contributed by atoms with van der Waals surface area (Å²) < 4.78 is 5.51. The van der Waals surface area contributed by atoms with E-state index in [1.165, 1.54) is 6.07 Å². The molecule has 2 aromatic rings. The Morgan fingerprint density at radius 3 is 2.64 bits per heavy atom. The third-order valence-electron chi connectivity index (χ3n) is 3.42. The quantitative estimate of drug-likeness (QED) is 0.226. The number of hydrogen-bond donors (Lipinski definition) is 2. The van der Waals surface area contributed by atoms with Crippen LogP contribution in [0, 0.1) is 24.0 Å². The molecule has 0 bridgehead atoms. The Bertz CT molecular complexity index is 726. The van der Waals surface area contributed by atoms with E-state index in [1.807, 2.05) is 20.8 Å². The van der Waals surface area contributed by atoms with Gasteiger partial charge in [-0.3, -0.25) is 10.1 Å². The number of aliphatic imine (C=N–C) groups is 1. The normalized spacial score (nSPS) is 10.9. The summed E-state index contributed by atoms with van der Waals surface area (Å²) in [5.74, 6) is 1.90. The molecule has 0 aliphatic heterocycles. The van der Waals surface area contributed by atoms with E-state index in [0.29, 0.717) is 30.5 Å². The van der Waals surface area contributed by atoms with Gasteiger partial charge in [-0.05, 0) is 20.8 Å². The third kappa shape index (κ3) is 6.00. The predicted octanol–water partition coefficient (Wildman–Crippen LogP) is 3.07. The number of guanidine groups is 1. The maximum atomic E-state index is 11.0. The van der Waals surface area contributed by atoms with Crippen molar-refractivity contribution in [3.8, 4) is 0 Å². The largest absolute Gasteiger partial charge is 0.444 e. The van der Waals surface area contributed by atoms with Gasteiger partial charge in [0.15, 0.2) is 5.96 Å². The minimum atomic E-state index is -0.399. The SMILES string of the molecule is CCNC(=NCc1ccccc1[N+](=O)[O-])NCc1nc(C)c(C)o1.I. The molecular weight excluding hydrogens is 437 g/mol. The van der Waals surface area contributed by atoms with Crippen molar-refractivity contribution in [2.45, 2.75) is 33.9 Å². The molecule has 1 heterocycles. The summed E-state index contributed by atoms with van der Waals surface area (Å²) in [6.07, 6.45) is 0. The van der Waals surface area contributed by atoms with Crippen LogP contribution in [0.25, 0.3) is 0 Å². The lowest BCUT2D eigenvalue weighted by atomic mass is 10.2. The minimum absolute atomic E-state index is 0. The number of para-hydroxylation sites is 1. The number of halogens is 1. The van der Waals surface area contributed by atoms with Gasteiger partial charge in [-0.15, -0.1) is 24.0 Å². The van der Waals surface area contributed by atoms with E-state index in [9.17, 15) is 10.1 Å². The molecule has 8 nitrogen and oxygen atoms in total. The zero-order valence-corrected chi connectivity index (χ0v) is 16.7. The average molecular weight is 459 g/mol. The number of nitrogens with zero attached hydrogens (tertiary/aromatic N) is 3. The van der Waals surface area contributed by atoms with Gasteiger partial charge in [0.25, 0.3) is 5.69 Å². The number of aryl methyl sites for hydroxylation is 2. The molecule has 1 aromatic heterocycles. The molecule has 9 heteroatoms. The Morgan fingerprint density at radius 1 is 1.32 bits per heavy atom. The fourth-order valence-corrected chi connectivity index (χ4v) is 2.10. The fraction of sp³-hybridized carbons (Fsp3) is 0.375. The molecule has 0 fully saturated rings. The number of nitrogens with one attached hydrogen (secondary N) is 2. The molecule has 0 amide bonds. The summed E-state index contributed by atoms with van der Waals surface area (Å²) >= 11 is 0. The van der Waals surface area contributed by atoms with Crippen molar-refractivity contribution in [2.75, 3.05) is 6.54 Å². The van der Waals surface area contributed by atoms with Gasteiger partial charge in [-0.2, -0.15) is 0 Å². The Hall–Kier alpha value is -2.17. The standard InChI is InChI=1S/C16H21N5O3.HI/c1-4-17-16(19-10-15-20-11(2)12(3)24-15)18-9-13-7-5-6-8-14(13)21(22)23;/h5-8H,4,9-10H2,1-3H3,(H2,17,18,19);1H. The summed E-state index contributed by atoms with van der Waals surface area (Å²) in [4.78, 5) is 19.3. The molecule has 25 heavy (non-hydrogen) atoms. The van der Waals surface area contributed by atoms with Crippen LogP contribution in [0.3, 0.4) is 0 Å². The summed E-state index contributed by atoms with van der Waals surface area (Å²) in [5, 5.41) is 17.2. The lowest BCUT2D eigenvalue weighted by Gasteiger charge is -2.09. The number of oxazole rings is 1. The first-order chi connectivity index (χ1) is 11.5. The molecule has 0 aliphatic carbocycles. The summed E-state index contributed by atoms with van der Waals surface area (Å²) in [6, 6.07) is 6.58. The van der Waals surface area contributed by atoms with Crippen molar-refractivity contribution >= 4 is 35.6 Å². The number of hydrogen-bond acceptors (Lipinski definition) is 5. The lowest BCUT2D eigenvalue weighted by molar-refractivity contribution is -0.385. The first kappa shape index (κ1) is 20.9. The van der Waals surface area contributed by atoms with Crippen molar-refractivity contribution in [1.82, 2.24) is 15.6 Å². The fourth-order valence-electron chi connectivity index (χ4n) is 2.10.